The third kappa shape index (κ3) is 4.18. The minimum atomic E-state index is -0.277. The van der Waals surface area contributed by atoms with Gasteiger partial charge in [0, 0.05) is 16.1 Å². The molecule has 3 N–H and O–H groups in total. The van der Waals surface area contributed by atoms with Crippen molar-refractivity contribution in [2.45, 2.75) is 18.9 Å². The molecule has 0 aliphatic carbocycles. The van der Waals surface area contributed by atoms with Gasteiger partial charge in [-0.15, -0.1) is 0 Å². The molecule has 2 aromatic carbocycles. The summed E-state index contributed by atoms with van der Waals surface area (Å²) in [6.45, 7) is 0. The van der Waals surface area contributed by atoms with Crippen LogP contribution < -0.4 is 11.3 Å². The lowest BCUT2D eigenvalue weighted by atomic mass is 9.99. The van der Waals surface area contributed by atoms with Gasteiger partial charge in [-0.3, -0.25) is 11.3 Å². The lowest BCUT2D eigenvalue weighted by molar-refractivity contribution is 0.506. The lowest BCUT2D eigenvalue weighted by Crippen LogP contribution is -2.38. The van der Waals surface area contributed by atoms with Crippen molar-refractivity contribution in [3.05, 3.63) is 69.5 Å². The fraction of sp³-hybridized carbons (Fsp3) is 0.200. The van der Waals surface area contributed by atoms with Crippen LogP contribution in [0.2, 0.25) is 10.0 Å². The molecule has 0 amide bonds. The minimum Gasteiger partial charge on any atom is -0.271 e. The highest BCUT2D eigenvalue weighted by molar-refractivity contribution is 6.30. The van der Waals surface area contributed by atoms with Gasteiger partial charge in [-0.25, -0.2) is 4.39 Å². The number of nitrogens with two attached hydrogens (primary N) is 1. The monoisotopic (exact) mass is 312 g/mol. The highest BCUT2D eigenvalue weighted by Gasteiger charge is 2.12. The molecule has 5 heteroatoms. The smallest absolute Gasteiger partial charge is 0.126 e. The molecule has 0 saturated carbocycles. The van der Waals surface area contributed by atoms with Gasteiger partial charge < -0.3 is 0 Å². The van der Waals surface area contributed by atoms with Crippen molar-refractivity contribution in [1.82, 2.24) is 5.43 Å². The molecule has 2 nitrogen and oxygen atoms in total. The maximum atomic E-state index is 13.7. The molecule has 1 unspecified atom stereocenters. The second kappa shape index (κ2) is 7.04. The highest BCUT2D eigenvalue weighted by Crippen LogP contribution is 2.18. The summed E-state index contributed by atoms with van der Waals surface area (Å²) < 4.78 is 13.7. The maximum absolute atomic E-state index is 13.7. The number of hydrogen-bond acceptors (Lipinski definition) is 2. The average Bonchev–Trinajstić information content (AvgIpc) is 2.42. The number of hydrazine groups is 1. The molecule has 106 valence electrons. The summed E-state index contributed by atoms with van der Waals surface area (Å²) in [4.78, 5) is 0. The third-order valence-electron chi connectivity index (χ3n) is 3.08. The van der Waals surface area contributed by atoms with Crippen molar-refractivity contribution in [3.8, 4) is 0 Å². The maximum Gasteiger partial charge on any atom is 0.126 e. The van der Waals surface area contributed by atoms with E-state index in [0.717, 1.165) is 5.56 Å². The van der Waals surface area contributed by atoms with Crippen LogP contribution in [0.1, 0.15) is 11.1 Å². The van der Waals surface area contributed by atoms with Gasteiger partial charge in [-0.1, -0.05) is 35.3 Å². The average molecular weight is 313 g/mol. The SMILES string of the molecule is NNC(Cc1cccc(Cl)c1)Cc1cc(Cl)ccc1F. The summed E-state index contributed by atoms with van der Waals surface area (Å²) in [6.07, 6.45) is 1.11. The van der Waals surface area contributed by atoms with Crippen molar-refractivity contribution >= 4 is 23.2 Å². The second-order valence-electron chi connectivity index (χ2n) is 4.64. The number of rotatable bonds is 5. The zero-order valence-corrected chi connectivity index (χ0v) is 12.3. The first-order valence-electron chi connectivity index (χ1n) is 6.23. The van der Waals surface area contributed by atoms with Gasteiger partial charge in [0.25, 0.3) is 0 Å². The molecule has 0 spiro atoms. The van der Waals surface area contributed by atoms with Crippen LogP contribution in [-0.2, 0) is 12.8 Å². The van der Waals surface area contributed by atoms with Gasteiger partial charge in [0.15, 0.2) is 0 Å². The summed E-state index contributed by atoms with van der Waals surface area (Å²) in [7, 11) is 0. The first-order valence-corrected chi connectivity index (χ1v) is 6.98. The van der Waals surface area contributed by atoms with Crippen molar-refractivity contribution in [3.63, 3.8) is 0 Å². The van der Waals surface area contributed by atoms with Crippen LogP contribution in [0.5, 0.6) is 0 Å². The van der Waals surface area contributed by atoms with E-state index in [1.807, 2.05) is 24.3 Å². The molecule has 0 radical (unpaired) electrons. The van der Waals surface area contributed by atoms with E-state index in [0.29, 0.717) is 28.5 Å². The van der Waals surface area contributed by atoms with E-state index < -0.39 is 0 Å². The third-order valence-corrected chi connectivity index (χ3v) is 3.55. The highest BCUT2D eigenvalue weighted by atomic mass is 35.5. The zero-order chi connectivity index (χ0) is 14.5. The van der Waals surface area contributed by atoms with Gasteiger partial charge in [0.05, 0.1) is 0 Å². The molecule has 2 rings (SSSR count). The number of benzene rings is 2. The van der Waals surface area contributed by atoms with Gasteiger partial charge in [-0.05, 0) is 54.3 Å². The summed E-state index contributed by atoms with van der Waals surface area (Å²) >= 11 is 11.8. The summed E-state index contributed by atoms with van der Waals surface area (Å²) in [5.41, 5.74) is 4.30. The Morgan fingerprint density at radius 1 is 1.05 bits per heavy atom. The van der Waals surface area contributed by atoms with Gasteiger partial charge >= 0.3 is 0 Å². The first kappa shape index (κ1) is 15.3. The molecule has 0 aromatic heterocycles. The van der Waals surface area contributed by atoms with E-state index in [9.17, 15) is 4.39 Å². The Bertz CT molecular complexity index is 590. The number of hydrogen-bond donors (Lipinski definition) is 2. The molecule has 0 aliphatic heterocycles. The van der Waals surface area contributed by atoms with Crippen molar-refractivity contribution in [1.29, 1.82) is 0 Å². The lowest BCUT2D eigenvalue weighted by Gasteiger charge is -2.17. The Balaban J connectivity index is 2.11. The molecule has 0 heterocycles. The molecule has 1 atom stereocenters. The Labute approximate surface area is 127 Å². The Hall–Kier alpha value is -1.13. The number of halogens is 3. The molecular formula is C15H15Cl2FN2. The van der Waals surface area contributed by atoms with Crippen molar-refractivity contribution in [2.75, 3.05) is 0 Å². The van der Waals surface area contributed by atoms with Crippen LogP contribution >= 0.6 is 23.2 Å². The zero-order valence-electron chi connectivity index (χ0n) is 10.7. The van der Waals surface area contributed by atoms with Gasteiger partial charge in [-0.2, -0.15) is 0 Å². The van der Waals surface area contributed by atoms with Crippen LogP contribution in [0.4, 0.5) is 4.39 Å². The van der Waals surface area contributed by atoms with E-state index in [4.69, 9.17) is 29.0 Å². The molecule has 0 saturated heterocycles. The fourth-order valence-corrected chi connectivity index (χ4v) is 2.51. The topological polar surface area (TPSA) is 38.0 Å². The fourth-order valence-electron chi connectivity index (χ4n) is 2.10. The van der Waals surface area contributed by atoms with E-state index >= 15 is 0 Å². The van der Waals surface area contributed by atoms with Crippen LogP contribution in [0.3, 0.4) is 0 Å². The Morgan fingerprint density at radius 3 is 2.50 bits per heavy atom. The van der Waals surface area contributed by atoms with Crippen molar-refractivity contribution < 1.29 is 4.39 Å². The van der Waals surface area contributed by atoms with E-state index in [1.54, 1.807) is 6.07 Å². The second-order valence-corrected chi connectivity index (χ2v) is 5.51. The van der Waals surface area contributed by atoms with Crippen molar-refractivity contribution in [2.24, 2.45) is 5.84 Å². The molecule has 0 fully saturated rings. The Kier molecular flexibility index (Phi) is 5.38. The summed E-state index contributed by atoms with van der Waals surface area (Å²) in [5, 5.41) is 1.19. The molecule has 2 aromatic rings. The summed E-state index contributed by atoms with van der Waals surface area (Å²) in [6, 6.07) is 12.0. The molecule has 0 aliphatic rings. The first-order chi connectivity index (χ1) is 9.58. The minimum absolute atomic E-state index is 0.0959. The predicted molar refractivity (Wildman–Crippen MR) is 81.4 cm³/mol. The van der Waals surface area contributed by atoms with E-state index in [1.165, 1.54) is 12.1 Å². The van der Waals surface area contributed by atoms with Crippen LogP contribution in [-0.4, -0.2) is 6.04 Å². The van der Waals surface area contributed by atoms with E-state index in [2.05, 4.69) is 5.43 Å². The predicted octanol–water partition coefficient (Wildman–Crippen LogP) is 3.75. The van der Waals surface area contributed by atoms with Crippen LogP contribution in [0.25, 0.3) is 0 Å². The van der Waals surface area contributed by atoms with Gasteiger partial charge in [0.2, 0.25) is 0 Å². The Morgan fingerprint density at radius 2 is 1.80 bits per heavy atom. The molecule has 20 heavy (non-hydrogen) atoms. The quantitative estimate of drug-likeness (QED) is 0.652. The number of nitrogens with one attached hydrogen (secondary N) is 1. The largest absolute Gasteiger partial charge is 0.271 e. The molecular weight excluding hydrogens is 298 g/mol. The van der Waals surface area contributed by atoms with Gasteiger partial charge in [0.1, 0.15) is 5.82 Å². The normalized spacial score (nSPS) is 12.4. The summed E-state index contributed by atoms with van der Waals surface area (Å²) in [5.74, 6) is 5.28. The van der Waals surface area contributed by atoms with Crippen LogP contribution in [0, 0.1) is 5.82 Å². The van der Waals surface area contributed by atoms with E-state index in [-0.39, 0.29) is 11.9 Å². The van der Waals surface area contributed by atoms with Crippen LogP contribution in [0.15, 0.2) is 42.5 Å². The standard InChI is InChI=1S/C15H15Cl2FN2/c16-12-3-1-2-10(6-12)7-14(20-19)9-11-8-13(17)4-5-15(11)18/h1-6,8,14,20H,7,9,19H2. The molecule has 0 bridgehead atoms.